The van der Waals surface area contributed by atoms with Gasteiger partial charge < -0.3 is 9.11 Å². The Morgan fingerprint density at radius 3 is 1.09 bits per heavy atom. The molecule has 0 radical (unpaired) electrons. The largest absolute Gasteiger partial charge is 2.00 e. The van der Waals surface area contributed by atoms with Crippen LogP contribution in [-0.2, 0) is 20.2 Å². The van der Waals surface area contributed by atoms with Crippen LogP contribution in [0.3, 0.4) is 0 Å². The number of hydrogen-bond acceptors (Lipinski definition) is 6. The normalized spacial score (nSPS) is 11.8. The fourth-order valence-electron chi connectivity index (χ4n) is 4.90. The second-order valence-electron chi connectivity index (χ2n) is 11.3. The fourth-order valence-corrected chi connectivity index (χ4v) is 6.24. The smallest absolute Gasteiger partial charge is 0.744 e. The van der Waals surface area contributed by atoms with Gasteiger partial charge in [0.05, 0.1) is 9.79 Å². The van der Waals surface area contributed by atoms with Crippen molar-refractivity contribution < 1.29 is 25.9 Å². The van der Waals surface area contributed by atoms with Gasteiger partial charge in [0.1, 0.15) is 20.2 Å². The summed E-state index contributed by atoms with van der Waals surface area (Å²) in [6.07, 6.45) is 29.6. The van der Waals surface area contributed by atoms with Gasteiger partial charge in [-0.15, -0.1) is 0 Å². The first-order chi connectivity index (χ1) is 21.1. The summed E-state index contributed by atoms with van der Waals surface area (Å²) in [5.41, 5.74) is 0.967. The van der Waals surface area contributed by atoms with E-state index in [-0.39, 0.29) is 58.7 Å². The van der Waals surface area contributed by atoms with Gasteiger partial charge in [0.2, 0.25) is 0 Å². The summed E-state index contributed by atoms with van der Waals surface area (Å²) in [6, 6.07) is 12.7. The molecule has 0 heterocycles. The van der Waals surface area contributed by atoms with Crippen molar-refractivity contribution in [3.05, 3.63) is 71.8 Å². The topological polar surface area (TPSA) is 114 Å². The second-order valence-corrected chi connectivity index (χ2v) is 14.0. The van der Waals surface area contributed by atoms with Crippen LogP contribution >= 0.6 is 0 Å². The van der Waals surface area contributed by atoms with Crippen LogP contribution in [0.25, 0.3) is 12.2 Å². The average molecular weight is 784 g/mol. The summed E-state index contributed by atoms with van der Waals surface area (Å²) < 4.78 is 66.9. The Labute approximate surface area is 315 Å². The molecule has 45 heavy (non-hydrogen) atoms. The first kappa shape index (κ1) is 44.3. The van der Waals surface area contributed by atoms with E-state index in [1.807, 2.05) is 12.2 Å². The molecule has 9 heteroatoms. The summed E-state index contributed by atoms with van der Waals surface area (Å²) in [5.74, 6) is 0. The summed E-state index contributed by atoms with van der Waals surface area (Å²) in [6.45, 7) is 4.45. The maximum atomic E-state index is 11.1. The molecule has 2 aromatic carbocycles. The van der Waals surface area contributed by atoms with Crippen molar-refractivity contribution in [3.63, 3.8) is 0 Å². The van der Waals surface area contributed by atoms with Crippen LogP contribution in [-0.4, -0.2) is 74.8 Å². The van der Waals surface area contributed by atoms with Crippen LogP contribution in [0.15, 0.2) is 70.5 Å². The van der Waals surface area contributed by atoms with E-state index in [0.29, 0.717) is 11.1 Å². The molecule has 0 atom stereocenters. The van der Waals surface area contributed by atoms with Crippen molar-refractivity contribution >= 4 is 81.3 Å². The zero-order valence-corrected chi connectivity index (χ0v) is 33.7. The molecule has 0 N–H and O–H groups in total. The average Bonchev–Trinajstić information content (AvgIpc) is 2.99. The summed E-state index contributed by atoms with van der Waals surface area (Å²) in [7, 11) is -8.79. The molecule has 0 amide bonds. The summed E-state index contributed by atoms with van der Waals surface area (Å²) >= 11 is 0. The van der Waals surface area contributed by atoms with E-state index < -0.39 is 20.2 Å². The minimum absolute atomic E-state index is 0. The predicted octanol–water partition coefficient (Wildman–Crippen LogP) is 9.89. The van der Waals surface area contributed by atoms with Gasteiger partial charge in [0, 0.05) is 0 Å². The zero-order valence-electron chi connectivity index (χ0n) is 27.6. The first-order valence-electron chi connectivity index (χ1n) is 16.5. The van der Waals surface area contributed by atoms with E-state index >= 15 is 0 Å². The monoisotopic (exact) mass is 784 g/mol. The Hall–Kier alpha value is -0.689. The Kier molecular flexibility index (Phi) is 26.9. The molecule has 2 aromatic rings. The SMILES string of the molecule is CCCCCCCCCCC=Cc1ccccc1S(=O)(=O)[O-].CCCCCCCCCCC=Cc1ccccc1S(=O)(=O)[O-].[Ba+2]. The Bertz CT molecular complexity index is 1200. The third kappa shape index (κ3) is 22.5. The third-order valence-corrected chi connectivity index (χ3v) is 9.24. The Morgan fingerprint density at radius 1 is 0.489 bits per heavy atom. The maximum Gasteiger partial charge on any atom is 2.00 e. The van der Waals surface area contributed by atoms with Gasteiger partial charge in [-0.2, -0.15) is 0 Å². The van der Waals surface area contributed by atoms with Crippen LogP contribution in [0.4, 0.5) is 0 Å². The molecule has 0 aliphatic heterocycles. The van der Waals surface area contributed by atoms with Gasteiger partial charge in [-0.3, -0.25) is 0 Å². The Balaban J connectivity index is 0.000000842. The second kappa shape index (κ2) is 27.3. The van der Waals surface area contributed by atoms with Gasteiger partial charge >= 0.3 is 48.9 Å². The maximum absolute atomic E-state index is 11.1. The van der Waals surface area contributed by atoms with Gasteiger partial charge in [-0.05, 0) is 48.9 Å². The molecule has 0 bridgehead atoms. The number of unbranched alkanes of at least 4 members (excludes halogenated alkanes) is 16. The number of allylic oxidation sites excluding steroid dienone is 2. The standard InChI is InChI=1S/2C18H28O3S.Ba/c2*1-2-3-4-5-6-7-8-9-10-11-14-17-15-12-13-16-18(17)22(19,20)21;/h2*11-16H,2-10H2,1H3,(H,19,20,21);/q;;+2/p-2. The van der Waals surface area contributed by atoms with Crippen LogP contribution < -0.4 is 0 Å². The summed E-state index contributed by atoms with van der Waals surface area (Å²) in [4.78, 5) is -0.274. The van der Waals surface area contributed by atoms with E-state index in [1.165, 1.54) is 102 Å². The van der Waals surface area contributed by atoms with Crippen molar-refractivity contribution in [2.24, 2.45) is 0 Å². The molecule has 2 rings (SSSR count). The van der Waals surface area contributed by atoms with Gasteiger partial charge in [-0.25, -0.2) is 16.8 Å². The minimum atomic E-state index is -4.40. The van der Waals surface area contributed by atoms with Crippen molar-refractivity contribution in [1.82, 2.24) is 0 Å². The van der Waals surface area contributed by atoms with Crippen LogP contribution in [0, 0.1) is 0 Å². The molecule has 0 aliphatic rings. The van der Waals surface area contributed by atoms with E-state index in [2.05, 4.69) is 13.8 Å². The van der Waals surface area contributed by atoms with Crippen molar-refractivity contribution in [1.29, 1.82) is 0 Å². The molecule has 248 valence electrons. The Morgan fingerprint density at radius 2 is 0.778 bits per heavy atom. The fraction of sp³-hybridized carbons (Fsp3) is 0.556. The van der Waals surface area contributed by atoms with E-state index in [9.17, 15) is 25.9 Å². The minimum Gasteiger partial charge on any atom is -0.744 e. The van der Waals surface area contributed by atoms with Crippen LogP contribution in [0.2, 0.25) is 0 Å². The molecule has 0 saturated carbocycles. The molecular weight excluding hydrogens is 730 g/mol. The number of benzene rings is 2. The predicted molar refractivity (Wildman–Crippen MR) is 187 cm³/mol. The van der Waals surface area contributed by atoms with Crippen molar-refractivity contribution in [2.75, 3.05) is 0 Å². The molecule has 6 nitrogen and oxygen atoms in total. The third-order valence-electron chi connectivity index (χ3n) is 7.42. The van der Waals surface area contributed by atoms with Crippen LogP contribution in [0.5, 0.6) is 0 Å². The van der Waals surface area contributed by atoms with Crippen LogP contribution in [0.1, 0.15) is 141 Å². The molecule has 0 unspecified atom stereocenters. The van der Waals surface area contributed by atoms with Crippen molar-refractivity contribution in [2.45, 2.75) is 139 Å². The van der Waals surface area contributed by atoms with E-state index in [4.69, 9.17) is 0 Å². The first-order valence-corrected chi connectivity index (χ1v) is 19.4. The molecule has 0 fully saturated rings. The molecule has 0 spiro atoms. The molecule has 0 saturated heterocycles. The van der Waals surface area contributed by atoms with Gasteiger partial charge in [0.15, 0.2) is 0 Å². The van der Waals surface area contributed by atoms with E-state index in [1.54, 1.807) is 48.6 Å². The molecule has 0 aromatic heterocycles. The van der Waals surface area contributed by atoms with E-state index in [0.717, 1.165) is 25.7 Å². The summed E-state index contributed by atoms with van der Waals surface area (Å²) in [5, 5.41) is 0. The van der Waals surface area contributed by atoms with Crippen molar-refractivity contribution in [3.8, 4) is 0 Å². The quantitative estimate of drug-likeness (QED) is 0.0668. The number of hydrogen-bond donors (Lipinski definition) is 0. The molecular formula is C36H54BaO6S2. The molecule has 0 aliphatic carbocycles. The van der Waals surface area contributed by atoms with Gasteiger partial charge in [0.25, 0.3) is 0 Å². The number of rotatable bonds is 22. The zero-order chi connectivity index (χ0) is 32.5. The van der Waals surface area contributed by atoms with Gasteiger partial charge in [-0.1, -0.05) is 164 Å².